The van der Waals surface area contributed by atoms with Gasteiger partial charge in [-0.3, -0.25) is 10.1 Å². The smallest absolute Gasteiger partial charge is 0.291 e. The SMILES string of the molecule is Cn1ncnc1NC(=O)c1cccc(C(F)(F)F)c1F. The van der Waals surface area contributed by atoms with Crippen molar-refractivity contribution < 1.29 is 22.4 Å². The highest BCUT2D eigenvalue weighted by atomic mass is 19.4. The van der Waals surface area contributed by atoms with Gasteiger partial charge in [0.1, 0.15) is 12.1 Å². The molecule has 9 heteroatoms. The number of carbonyl (C=O) groups excluding carboxylic acids is 1. The molecule has 0 aliphatic carbocycles. The summed E-state index contributed by atoms with van der Waals surface area (Å²) < 4.78 is 52.5. The summed E-state index contributed by atoms with van der Waals surface area (Å²) >= 11 is 0. The second-order valence-corrected chi connectivity index (χ2v) is 3.83. The van der Waals surface area contributed by atoms with Crippen LogP contribution in [0.4, 0.5) is 23.5 Å². The van der Waals surface area contributed by atoms with E-state index in [1.165, 1.54) is 11.7 Å². The quantitative estimate of drug-likeness (QED) is 0.862. The Bertz CT molecular complexity index is 650. The first kappa shape index (κ1) is 14.0. The van der Waals surface area contributed by atoms with Crippen LogP contribution in [0.1, 0.15) is 15.9 Å². The zero-order chi connectivity index (χ0) is 14.9. The van der Waals surface area contributed by atoms with E-state index in [0.717, 1.165) is 18.5 Å². The van der Waals surface area contributed by atoms with E-state index in [2.05, 4.69) is 15.4 Å². The van der Waals surface area contributed by atoms with E-state index in [-0.39, 0.29) is 5.95 Å². The van der Waals surface area contributed by atoms with Gasteiger partial charge in [0.2, 0.25) is 5.95 Å². The fourth-order valence-electron chi connectivity index (χ4n) is 1.50. The molecule has 0 aliphatic heterocycles. The molecule has 106 valence electrons. The van der Waals surface area contributed by atoms with E-state index >= 15 is 0 Å². The van der Waals surface area contributed by atoms with Gasteiger partial charge in [-0.2, -0.15) is 23.3 Å². The molecule has 0 aliphatic rings. The van der Waals surface area contributed by atoms with Gasteiger partial charge in [0.05, 0.1) is 11.1 Å². The minimum absolute atomic E-state index is 0.00758. The molecule has 0 saturated heterocycles. The molecule has 0 unspecified atom stereocenters. The van der Waals surface area contributed by atoms with Crippen LogP contribution in [0.3, 0.4) is 0 Å². The monoisotopic (exact) mass is 288 g/mol. The minimum Gasteiger partial charge on any atom is -0.291 e. The first-order valence-corrected chi connectivity index (χ1v) is 5.31. The standard InChI is InChI=1S/C11H8F4N4O/c1-19-10(16-5-17-19)18-9(20)6-3-2-4-7(8(6)12)11(13,14)15/h2-5H,1H3,(H,16,17,18,20). The molecule has 1 N–H and O–H groups in total. The van der Waals surface area contributed by atoms with Crippen molar-refractivity contribution in [1.82, 2.24) is 14.8 Å². The first-order chi connectivity index (χ1) is 9.30. The lowest BCUT2D eigenvalue weighted by molar-refractivity contribution is -0.140. The summed E-state index contributed by atoms with van der Waals surface area (Å²) in [4.78, 5) is 15.4. The van der Waals surface area contributed by atoms with Crippen LogP contribution in [0.15, 0.2) is 24.5 Å². The molecular formula is C11H8F4N4O. The fourth-order valence-corrected chi connectivity index (χ4v) is 1.50. The van der Waals surface area contributed by atoms with Gasteiger partial charge in [-0.15, -0.1) is 0 Å². The molecule has 2 rings (SSSR count). The summed E-state index contributed by atoms with van der Waals surface area (Å²) in [6.45, 7) is 0. The van der Waals surface area contributed by atoms with E-state index in [1.54, 1.807) is 0 Å². The van der Waals surface area contributed by atoms with Crippen molar-refractivity contribution in [3.63, 3.8) is 0 Å². The molecule has 2 aromatic rings. The lowest BCUT2D eigenvalue weighted by atomic mass is 10.1. The second-order valence-electron chi connectivity index (χ2n) is 3.83. The molecule has 1 aromatic heterocycles. The number of aromatic nitrogens is 3. The lowest BCUT2D eigenvalue weighted by Crippen LogP contribution is -2.19. The third kappa shape index (κ3) is 2.60. The van der Waals surface area contributed by atoms with E-state index in [1.807, 2.05) is 0 Å². The Hall–Kier alpha value is -2.45. The van der Waals surface area contributed by atoms with Gasteiger partial charge in [-0.1, -0.05) is 6.07 Å². The number of hydrogen-bond donors (Lipinski definition) is 1. The number of alkyl halides is 3. The highest BCUT2D eigenvalue weighted by Crippen LogP contribution is 2.32. The summed E-state index contributed by atoms with van der Waals surface area (Å²) in [5.41, 5.74) is -2.22. The summed E-state index contributed by atoms with van der Waals surface area (Å²) in [6.07, 6.45) is -3.73. The molecule has 20 heavy (non-hydrogen) atoms. The number of carbonyl (C=O) groups is 1. The van der Waals surface area contributed by atoms with Crippen LogP contribution in [0.2, 0.25) is 0 Å². The number of rotatable bonds is 2. The van der Waals surface area contributed by atoms with Crippen molar-refractivity contribution in [2.24, 2.45) is 7.05 Å². The molecular weight excluding hydrogens is 280 g/mol. The average molecular weight is 288 g/mol. The zero-order valence-electron chi connectivity index (χ0n) is 10.1. The molecule has 0 saturated carbocycles. The van der Waals surface area contributed by atoms with Crippen LogP contribution in [0.5, 0.6) is 0 Å². The topological polar surface area (TPSA) is 59.8 Å². The third-order valence-electron chi connectivity index (χ3n) is 2.49. The van der Waals surface area contributed by atoms with Gasteiger partial charge >= 0.3 is 6.18 Å². The predicted molar refractivity (Wildman–Crippen MR) is 60.4 cm³/mol. The van der Waals surface area contributed by atoms with Gasteiger partial charge < -0.3 is 0 Å². The third-order valence-corrected chi connectivity index (χ3v) is 2.49. The number of anilines is 1. The molecule has 1 amide bonds. The summed E-state index contributed by atoms with van der Waals surface area (Å²) in [5, 5.41) is 5.83. The number of halogens is 4. The van der Waals surface area contributed by atoms with Crippen molar-refractivity contribution in [3.8, 4) is 0 Å². The molecule has 0 fully saturated rings. The Labute approximate surface area is 110 Å². The average Bonchev–Trinajstić information content (AvgIpc) is 2.73. The fraction of sp³-hybridized carbons (Fsp3) is 0.182. The minimum atomic E-state index is -4.87. The van der Waals surface area contributed by atoms with Crippen LogP contribution in [-0.2, 0) is 13.2 Å². The number of benzene rings is 1. The molecule has 1 aromatic carbocycles. The van der Waals surface area contributed by atoms with E-state index in [4.69, 9.17) is 0 Å². The van der Waals surface area contributed by atoms with Crippen molar-refractivity contribution >= 4 is 11.9 Å². The van der Waals surface area contributed by atoms with Crippen molar-refractivity contribution in [2.45, 2.75) is 6.18 Å². The second kappa shape index (κ2) is 4.91. The van der Waals surface area contributed by atoms with Crippen LogP contribution in [0, 0.1) is 5.82 Å². The van der Waals surface area contributed by atoms with E-state index in [9.17, 15) is 22.4 Å². The lowest BCUT2D eigenvalue weighted by Gasteiger charge is -2.10. The van der Waals surface area contributed by atoms with Gasteiger partial charge in [0.15, 0.2) is 0 Å². The van der Waals surface area contributed by atoms with Crippen LogP contribution in [0.25, 0.3) is 0 Å². The predicted octanol–water partition coefficient (Wildman–Crippen LogP) is 2.23. The van der Waals surface area contributed by atoms with Crippen molar-refractivity contribution in [3.05, 3.63) is 41.5 Å². The zero-order valence-corrected chi connectivity index (χ0v) is 10.1. The molecule has 0 radical (unpaired) electrons. The number of amides is 1. The van der Waals surface area contributed by atoms with Crippen molar-refractivity contribution in [1.29, 1.82) is 0 Å². The molecule has 0 atom stereocenters. The number of nitrogens with zero attached hydrogens (tertiary/aromatic N) is 3. The maximum Gasteiger partial charge on any atom is 0.419 e. The van der Waals surface area contributed by atoms with Gasteiger partial charge in [-0.25, -0.2) is 9.07 Å². The van der Waals surface area contributed by atoms with E-state index < -0.39 is 29.0 Å². The van der Waals surface area contributed by atoms with Crippen LogP contribution >= 0.6 is 0 Å². The summed E-state index contributed by atoms with van der Waals surface area (Å²) in [5.74, 6) is -2.67. The Morgan fingerprint density at radius 3 is 2.60 bits per heavy atom. The van der Waals surface area contributed by atoms with Crippen molar-refractivity contribution in [2.75, 3.05) is 5.32 Å². The Morgan fingerprint density at radius 1 is 1.35 bits per heavy atom. The molecule has 0 spiro atoms. The Balaban J connectivity index is 2.34. The molecule has 1 heterocycles. The number of aryl methyl sites for hydroxylation is 1. The van der Waals surface area contributed by atoms with E-state index in [0.29, 0.717) is 6.07 Å². The number of nitrogens with one attached hydrogen (secondary N) is 1. The van der Waals surface area contributed by atoms with Gasteiger partial charge in [-0.05, 0) is 12.1 Å². The first-order valence-electron chi connectivity index (χ1n) is 5.31. The van der Waals surface area contributed by atoms with Gasteiger partial charge in [0, 0.05) is 7.05 Å². The summed E-state index contributed by atoms with van der Waals surface area (Å²) in [7, 11) is 1.46. The Morgan fingerprint density at radius 2 is 2.05 bits per heavy atom. The molecule has 5 nitrogen and oxygen atoms in total. The molecule has 0 bridgehead atoms. The maximum absolute atomic E-state index is 13.7. The highest BCUT2D eigenvalue weighted by Gasteiger charge is 2.35. The van der Waals surface area contributed by atoms with Gasteiger partial charge in [0.25, 0.3) is 5.91 Å². The normalized spacial score (nSPS) is 11.4. The van der Waals surface area contributed by atoms with Crippen LogP contribution in [-0.4, -0.2) is 20.7 Å². The highest BCUT2D eigenvalue weighted by molar-refractivity contribution is 6.03. The largest absolute Gasteiger partial charge is 0.419 e. The number of hydrogen-bond acceptors (Lipinski definition) is 3. The maximum atomic E-state index is 13.7. The summed E-state index contributed by atoms with van der Waals surface area (Å²) in [6, 6.07) is 2.47. The Kier molecular flexibility index (Phi) is 3.43. The van der Waals surface area contributed by atoms with Crippen LogP contribution < -0.4 is 5.32 Å².